The summed E-state index contributed by atoms with van der Waals surface area (Å²) in [6.45, 7) is 1.42. The van der Waals surface area contributed by atoms with E-state index in [-0.39, 0.29) is 5.82 Å². The van der Waals surface area contributed by atoms with E-state index in [0.717, 1.165) is 28.3 Å². The zero-order valence-electron chi connectivity index (χ0n) is 12.7. The maximum atomic E-state index is 14.4. The molecule has 2 aromatic carbocycles. The molecule has 0 bridgehead atoms. The van der Waals surface area contributed by atoms with Crippen molar-refractivity contribution < 1.29 is 9.13 Å². The normalized spacial score (nSPS) is 11.1. The van der Waals surface area contributed by atoms with E-state index in [9.17, 15) is 4.39 Å². The Morgan fingerprint density at radius 1 is 1.26 bits per heavy atom. The molecule has 0 atom stereocenters. The third-order valence-electron chi connectivity index (χ3n) is 3.56. The van der Waals surface area contributed by atoms with E-state index in [1.165, 1.54) is 6.07 Å². The summed E-state index contributed by atoms with van der Waals surface area (Å²) < 4.78 is 20.9. The minimum atomic E-state index is -0.340. The monoisotopic (exact) mass is 377 g/mol. The maximum absolute atomic E-state index is 14.4. The average molecular weight is 378 g/mol. The summed E-state index contributed by atoms with van der Waals surface area (Å²) in [5.74, 6) is 0.192. The number of nitrogens with zero attached hydrogens (tertiary/aromatic N) is 1. The van der Waals surface area contributed by atoms with E-state index in [1.807, 2.05) is 25.2 Å². The number of fused-ring (bicyclic) bond motifs is 1. The van der Waals surface area contributed by atoms with Crippen molar-refractivity contribution in [2.24, 2.45) is 0 Å². The minimum absolute atomic E-state index is 0.340. The van der Waals surface area contributed by atoms with Crippen molar-refractivity contribution in [2.45, 2.75) is 6.42 Å². The molecule has 0 unspecified atom stereocenters. The summed E-state index contributed by atoms with van der Waals surface area (Å²) in [5.41, 5.74) is 1.93. The Hall–Kier alpha value is -1.92. The van der Waals surface area contributed by atoms with E-state index in [2.05, 4.69) is 31.4 Å². The van der Waals surface area contributed by atoms with Gasteiger partial charge in [-0.2, -0.15) is 5.10 Å². The van der Waals surface area contributed by atoms with Crippen LogP contribution in [0.25, 0.3) is 22.2 Å². The first kappa shape index (κ1) is 16.0. The Labute approximate surface area is 142 Å². The number of benzene rings is 2. The SMILES string of the molecule is CNCCCOc1ccc(-c2n[nH]c3cc(Br)ccc23)c(F)c1. The van der Waals surface area contributed by atoms with Crippen LogP contribution in [-0.2, 0) is 0 Å². The minimum Gasteiger partial charge on any atom is -0.493 e. The second-order valence-corrected chi connectivity index (χ2v) is 6.13. The fourth-order valence-electron chi connectivity index (χ4n) is 2.41. The fourth-order valence-corrected chi connectivity index (χ4v) is 2.77. The number of rotatable bonds is 6. The van der Waals surface area contributed by atoms with Crippen LogP contribution in [0.1, 0.15) is 6.42 Å². The predicted molar refractivity (Wildman–Crippen MR) is 93.2 cm³/mol. The van der Waals surface area contributed by atoms with Gasteiger partial charge in [0, 0.05) is 21.5 Å². The number of H-pyrrole nitrogens is 1. The van der Waals surface area contributed by atoms with Crippen molar-refractivity contribution in [1.82, 2.24) is 15.5 Å². The maximum Gasteiger partial charge on any atom is 0.136 e. The summed E-state index contributed by atoms with van der Waals surface area (Å²) in [4.78, 5) is 0. The molecular formula is C17H17BrFN3O. The van der Waals surface area contributed by atoms with Gasteiger partial charge in [-0.25, -0.2) is 4.39 Å². The zero-order valence-corrected chi connectivity index (χ0v) is 14.3. The first-order chi connectivity index (χ1) is 11.2. The van der Waals surface area contributed by atoms with E-state index >= 15 is 0 Å². The lowest BCUT2D eigenvalue weighted by Crippen LogP contribution is -2.11. The van der Waals surface area contributed by atoms with Crippen LogP contribution in [0, 0.1) is 5.82 Å². The third kappa shape index (κ3) is 3.54. The molecule has 0 spiro atoms. The molecule has 0 radical (unpaired) electrons. The number of halogens is 2. The number of nitrogens with one attached hydrogen (secondary N) is 2. The van der Waals surface area contributed by atoms with Gasteiger partial charge in [0.15, 0.2) is 0 Å². The molecule has 120 valence electrons. The van der Waals surface area contributed by atoms with E-state index < -0.39 is 0 Å². The molecule has 1 heterocycles. The quantitative estimate of drug-likeness (QED) is 0.635. The molecule has 0 aliphatic carbocycles. The molecule has 0 fully saturated rings. The predicted octanol–water partition coefficient (Wildman–Crippen LogP) is 4.12. The lowest BCUT2D eigenvalue weighted by Gasteiger charge is -2.08. The van der Waals surface area contributed by atoms with E-state index in [4.69, 9.17) is 4.74 Å². The first-order valence-corrected chi connectivity index (χ1v) is 8.19. The van der Waals surface area contributed by atoms with Gasteiger partial charge < -0.3 is 10.1 Å². The largest absolute Gasteiger partial charge is 0.493 e. The van der Waals surface area contributed by atoms with Gasteiger partial charge in [-0.15, -0.1) is 0 Å². The van der Waals surface area contributed by atoms with Gasteiger partial charge in [-0.1, -0.05) is 15.9 Å². The molecule has 1 aromatic heterocycles. The smallest absolute Gasteiger partial charge is 0.136 e. The van der Waals surface area contributed by atoms with Gasteiger partial charge in [-0.3, -0.25) is 5.10 Å². The number of hydrogen-bond donors (Lipinski definition) is 2. The standard InChI is InChI=1S/C17H17BrFN3O/c1-20-7-2-8-23-12-4-6-13(15(19)10-12)17-14-5-3-11(18)9-16(14)21-22-17/h3-6,9-10,20H,2,7-8H2,1H3,(H,21,22). The Balaban J connectivity index is 1.85. The summed E-state index contributed by atoms with van der Waals surface area (Å²) in [5, 5.41) is 11.1. The Morgan fingerprint density at radius 3 is 2.91 bits per heavy atom. The topological polar surface area (TPSA) is 49.9 Å². The van der Waals surface area contributed by atoms with Crippen molar-refractivity contribution >= 4 is 26.8 Å². The number of aromatic nitrogens is 2. The summed E-state index contributed by atoms with van der Waals surface area (Å²) in [6.07, 6.45) is 0.874. The molecule has 23 heavy (non-hydrogen) atoms. The molecule has 0 saturated heterocycles. The van der Waals surface area contributed by atoms with Gasteiger partial charge >= 0.3 is 0 Å². The number of ether oxygens (including phenoxy) is 1. The fraction of sp³-hybridized carbons (Fsp3) is 0.235. The van der Waals surface area contributed by atoms with Gasteiger partial charge in [0.2, 0.25) is 0 Å². The summed E-state index contributed by atoms with van der Waals surface area (Å²) in [6, 6.07) is 10.6. The Bertz CT molecular complexity index is 819. The lowest BCUT2D eigenvalue weighted by molar-refractivity contribution is 0.308. The van der Waals surface area contributed by atoms with Crippen LogP contribution in [-0.4, -0.2) is 30.4 Å². The van der Waals surface area contributed by atoms with Crippen LogP contribution >= 0.6 is 15.9 Å². The average Bonchev–Trinajstić information content (AvgIpc) is 2.94. The molecule has 3 rings (SSSR count). The molecule has 3 aromatic rings. The van der Waals surface area contributed by atoms with Crippen LogP contribution in [0.4, 0.5) is 4.39 Å². The van der Waals surface area contributed by atoms with Crippen molar-refractivity contribution in [1.29, 1.82) is 0 Å². The van der Waals surface area contributed by atoms with Crippen molar-refractivity contribution in [3.8, 4) is 17.0 Å². The molecule has 0 aliphatic rings. The highest BCUT2D eigenvalue weighted by atomic mass is 79.9. The van der Waals surface area contributed by atoms with Crippen molar-refractivity contribution in [3.63, 3.8) is 0 Å². The highest BCUT2D eigenvalue weighted by Crippen LogP contribution is 2.31. The molecular weight excluding hydrogens is 361 g/mol. The van der Waals surface area contributed by atoms with Gasteiger partial charge in [0.25, 0.3) is 0 Å². The Morgan fingerprint density at radius 2 is 2.13 bits per heavy atom. The van der Waals surface area contributed by atoms with E-state index in [0.29, 0.717) is 23.6 Å². The van der Waals surface area contributed by atoms with Crippen LogP contribution in [0.3, 0.4) is 0 Å². The molecule has 6 heteroatoms. The van der Waals surface area contributed by atoms with E-state index in [1.54, 1.807) is 12.1 Å². The first-order valence-electron chi connectivity index (χ1n) is 7.40. The second-order valence-electron chi connectivity index (χ2n) is 5.21. The van der Waals surface area contributed by atoms with Gasteiger partial charge in [0.1, 0.15) is 17.3 Å². The summed E-state index contributed by atoms with van der Waals surface area (Å²) in [7, 11) is 1.89. The van der Waals surface area contributed by atoms with Crippen LogP contribution in [0.15, 0.2) is 40.9 Å². The lowest BCUT2D eigenvalue weighted by atomic mass is 10.1. The number of hydrogen-bond acceptors (Lipinski definition) is 3. The molecule has 2 N–H and O–H groups in total. The zero-order chi connectivity index (χ0) is 16.2. The van der Waals surface area contributed by atoms with Gasteiger partial charge in [-0.05, 0) is 50.3 Å². The molecule has 0 aliphatic heterocycles. The van der Waals surface area contributed by atoms with Crippen LogP contribution in [0.5, 0.6) is 5.75 Å². The van der Waals surface area contributed by atoms with Crippen molar-refractivity contribution in [2.75, 3.05) is 20.2 Å². The van der Waals surface area contributed by atoms with Gasteiger partial charge in [0.05, 0.1) is 12.1 Å². The van der Waals surface area contributed by atoms with Crippen LogP contribution in [0.2, 0.25) is 0 Å². The second kappa shape index (κ2) is 7.10. The van der Waals surface area contributed by atoms with Crippen LogP contribution < -0.4 is 10.1 Å². The Kier molecular flexibility index (Phi) is 4.93. The molecule has 0 amide bonds. The number of aromatic amines is 1. The molecule has 4 nitrogen and oxygen atoms in total. The third-order valence-corrected chi connectivity index (χ3v) is 4.05. The highest BCUT2D eigenvalue weighted by molar-refractivity contribution is 9.10. The van der Waals surface area contributed by atoms with Crippen molar-refractivity contribution in [3.05, 3.63) is 46.7 Å². The summed E-state index contributed by atoms with van der Waals surface area (Å²) >= 11 is 3.41. The highest BCUT2D eigenvalue weighted by Gasteiger charge is 2.13. The molecule has 0 saturated carbocycles.